The topological polar surface area (TPSA) is 21.3 Å². The van der Waals surface area contributed by atoms with Gasteiger partial charge in [0.2, 0.25) is 0 Å². The smallest absolute Gasteiger partial charge is 0.124 e. The highest BCUT2D eigenvalue weighted by molar-refractivity contribution is 5.38. The van der Waals surface area contributed by atoms with Crippen LogP contribution in [0.1, 0.15) is 57.1 Å². The number of hydrogen-bond donors (Lipinski definition) is 1. The maximum absolute atomic E-state index is 13.3. The van der Waals surface area contributed by atoms with E-state index in [-0.39, 0.29) is 18.0 Å². The van der Waals surface area contributed by atoms with E-state index < -0.39 is 0 Å². The molecule has 1 aromatic carbocycles. The maximum Gasteiger partial charge on any atom is 0.124 e. The van der Waals surface area contributed by atoms with Crippen molar-refractivity contribution in [3.05, 3.63) is 29.6 Å². The van der Waals surface area contributed by atoms with Crippen LogP contribution >= 0.6 is 0 Å². The van der Waals surface area contributed by atoms with Crippen molar-refractivity contribution in [1.29, 1.82) is 0 Å². The Hall–Kier alpha value is -1.09. The van der Waals surface area contributed by atoms with E-state index in [0.717, 1.165) is 24.2 Å². The average molecular weight is 265 g/mol. The summed E-state index contributed by atoms with van der Waals surface area (Å²) in [6, 6.07) is 5.03. The summed E-state index contributed by atoms with van der Waals surface area (Å²) in [7, 11) is 1.93. The van der Waals surface area contributed by atoms with Gasteiger partial charge in [0.1, 0.15) is 17.7 Å². The molecule has 0 saturated carbocycles. The molecule has 19 heavy (non-hydrogen) atoms. The number of benzene rings is 1. The summed E-state index contributed by atoms with van der Waals surface area (Å²) < 4.78 is 19.3. The molecule has 1 N–H and O–H groups in total. The number of nitrogens with one attached hydrogen (secondary N) is 1. The first-order chi connectivity index (χ1) is 9.24. The summed E-state index contributed by atoms with van der Waals surface area (Å²) >= 11 is 0. The SMILES string of the molecule is CCCCCCC1CC(NC)c2cc(F)ccc2O1. The van der Waals surface area contributed by atoms with E-state index in [1.165, 1.54) is 31.7 Å². The van der Waals surface area contributed by atoms with Crippen molar-refractivity contribution in [3.8, 4) is 5.75 Å². The third kappa shape index (κ3) is 3.69. The van der Waals surface area contributed by atoms with E-state index >= 15 is 0 Å². The molecule has 0 aromatic heterocycles. The van der Waals surface area contributed by atoms with Gasteiger partial charge in [0.15, 0.2) is 0 Å². The summed E-state index contributed by atoms with van der Waals surface area (Å²) in [4.78, 5) is 0. The number of unbranched alkanes of at least 4 members (excludes halogenated alkanes) is 3. The number of rotatable bonds is 6. The summed E-state index contributed by atoms with van der Waals surface area (Å²) in [6.07, 6.45) is 7.32. The van der Waals surface area contributed by atoms with Gasteiger partial charge in [-0.15, -0.1) is 0 Å². The minimum absolute atomic E-state index is 0.191. The summed E-state index contributed by atoms with van der Waals surface area (Å²) in [5, 5.41) is 3.27. The summed E-state index contributed by atoms with van der Waals surface area (Å²) in [5.41, 5.74) is 0.951. The molecule has 0 spiro atoms. The van der Waals surface area contributed by atoms with E-state index in [1.807, 2.05) is 7.05 Å². The molecule has 1 aliphatic heterocycles. The molecular weight excluding hydrogens is 241 g/mol. The Balaban J connectivity index is 1.99. The lowest BCUT2D eigenvalue weighted by Crippen LogP contribution is -2.31. The molecule has 3 heteroatoms. The van der Waals surface area contributed by atoms with E-state index in [2.05, 4.69) is 12.2 Å². The van der Waals surface area contributed by atoms with Gasteiger partial charge in [-0.1, -0.05) is 26.2 Å². The van der Waals surface area contributed by atoms with Crippen LogP contribution in [0.5, 0.6) is 5.75 Å². The van der Waals surface area contributed by atoms with Crippen LogP contribution in [-0.4, -0.2) is 13.2 Å². The molecule has 1 aliphatic rings. The van der Waals surface area contributed by atoms with Gasteiger partial charge in [-0.3, -0.25) is 0 Å². The van der Waals surface area contributed by atoms with Gasteiger partial charge in [0.05, 0.1) is 0 Å². The zero-order valence-corrected chi connectivity index (χ0v) is 11.9. The second-order valence-corrected chi connectivity index (χ2v) is 5.35. The molecule has 0 amide bonds. The number of halogens is 1. The minimum Gasteiger partial charge on any atom is -0.490 e. The second kappa shape index (κ2) is 6.90. The van der Waals surface area contributed by atoms with Crippen molar-refractivity contribution in [1.82, 2.24) is 5.32 Å². The van der Waals surface area contributed by atoms with E-state index in [1.54, 1.807) is 12.1 Å². The number of ether oxygens (including phenoxy) is 1. The second-order valence-electron chi connectivity index (χ2n) is 5.35. The van der Waals surface area contributed by atoms with Crippen LogP contribution in [-0.2, 0) is 0 Å². The predicted molar refractivity (Wildman–Crippen MR) is 76.0 cm³/mol. The first-order valence-corrected chi connectivity index (χ1v) is 7.38. The molecule has 1 aromatic rings. The van der Waals surface area contributed by atoms with Crippen LogP contribution in [0.4, 0.5) is 4.39 Å². The van der Waals surface area contributed by atoms with E-state index in [0.29, 0.717) is 0 Å². The van der Waals surface area contributed by atoms with Gasteiger partial charge >= 0.3 is 0 Å². The fourth-order valence-corrected chi connectivity index (χ4v) is 2.77. The molecular formula is C16H24FNO. The van der Waals surface area contributed by atoms with Gasteiger partial charge in [-0.05, 0) is 38.1 Å². The van der Waals surface area contributed by atoms with E-state index in [4.69, 9.17) is 4.74 Å². The standard InChI is InChI=1S/C16H24FNO/c1-3-4-5-6-7-13-11-15(18-2)14-10-12(17)8-9-16(14)19-13/h8-10,13,15,18H,3-7,11H2,1-2H3. The summed E-state index contributed by atoms with van der Waals surface area (Å²) in [6.45, 7) is 2.22. The molecule has 106 valence electrons. The number of hydrogen-bond acceptors (Lipinski definition) is 2. The Kier molecular flexibility index (Phi) is 5.20. The molecule has 0 fully saturated rings. The zero-order valence-electron chi connectivity index (χ0n) is 11.9. The van der Waals surface area contributed by atoms with Crippen LogP contribution in [0.25, 0.3) is 0 Å². The van der Waals surface area contributed by atoms with Crippen LogP contribution in [0.2, 0.25) is 0 Å². The fourth-order valence-electron chi connectivity index (χ4n) is 2.77. The molecule has 2 nitrogen and oxygen atoms in total. The molecule has 0 aliphatic carbocycles. The van der Waals surface area contributed by atoms with E-state index in [9.17, 15) is 4.39 Å². The van der Waals surface area contributed by atoms with Gasteiger partial charge in [-0.2, -0.15) is 0 Å². The maximum atomic E-state index is 13.3. The van der Waals surface area contributed by atoms with Crippen molar-refractivity contribution in [3.63, 3.8) is 0 Å². The van der Waals surface area contributed by atoms with Crippen molar-refractivity contribution >= 4 is 0 Å². The van der Waals surface area contributed by atoms with Gasteiger partial charge in [0.25, 0.3) is 0 Å². The largest absolute Gasteiger partial charge is 0.490 e. The third-order valence-electron chi connectivity index (χ3n) is 3.87. The van der Waals surface area contributed by atoms with Crippen molar-refractivity contribution in [2.45, 2.75) is 57.6 Å². The van der Waals surface area contributed by atoms with Crippen LogP contribution in [0.3, 0.4) is 0 Å². The Morgan fingerprint density at radius 3 is 2.89 bits per heavy atom. The molecule has 1 heterocycles. The fraction of sp³-hybridized carbons (Fsp3) is 0.625. The van der Waals surface area contributed by atoms with Crippen molar-refractivity contribution in [2.75, 3.05) is 7.05 Å². The average Bonchev–Trinajstić information content (AvgIpc) is 2.43. The summed E-state index contributed by atoms with van der Waals surface area (Å²) in [5.74, 6) is 0.650. The lowest BCUT2D eigenvalue weighted by Gasteiger charge is -2.32. The molecule has 2 unspecified atom stereocenters. The Morgan fingerprint density at radius 1 is 1.32 bits per heavy atom. The van der Waals surface area contributed by atoms with Crippen LogP contribution in [0, 0.1) is 5.82 Å². The molecule has 2 atom stereocenters. The van der Waals surface area contributed by atoms with Crippen LogP contribution in [0.15, 0.2) is 18.2 Å². The first-order valence-electron chi connectivity index (χ1n) is 7.38. The van der Waals surface area contributed by atoms with Crippen molar-refractivity contribution < 1.29 is 9.13 Å². The highest BCUT2D eigenvalue weighted by Crippen LogP contribution is 2.36. The molecule has 2 rings (SSSR count). The lowest BCUT2D eigenvalue weighted by atomic mass is 9.94. The Bertz CT molecular complexity index is 408. The van der Waals surface area contributed by atoms with Gasteiger partial charge in [-0.25, -0.2) is 4.39 Å². The Morgan fingerprint density at radius 2 is 2.16 bits per heavy atom. The monoisotopic (exact) mass is 265 g/mol. The number of fused-ring (bicyclic) bond motifs is 1. The quantitative estimate of drug-likeness (QED) is 0.778. The van der Waals surface area contributed by atoms with Crippen LogP contribution < -0.4 is 10.1 Å². The minimum atomic E-state index is -0.191. The predicted octanol–water partition coefficient (Wildman–Crippen LogP) is 4.21. The lowest BCUT2D eigenvalue weighted by molar-refractivity contribution is 0.139. The third-order valence-corrected chi connectivity index (χ3v) is 3.87. The first kappa shape index (κ1) is 14.3. The van der Waals surface area contributed by atoms with Gasteiger partial charge in [0, 0.05) is 18.0 Å². The molecule has 0 radical (unpaired) electrons. The van der Waals surface area contributed by atoms with Crippen molar-refractivity contribution in [2.24, 2.45) is 0 Å². The van der Waals surface area contributed by atoms with Gasteiger partial charge < -0.3 is 10.1 Å². The highest BCUT2D eigenvalue weighted by Gasteiger charge is 2.27. The molecule has 0 saturated heterocycles. The highest BCUT2D eigenvalue weighted by atomic mass is 19.1. The zero-order chi connectivity index (χ0) is 13.7. The normalized spacial score (nSPS) is 21.8. The Labute approximate surface area is 115 Å². The molecule has 0 bridgehead atoms.